The van der Waals surface area contributed by atoms with Gasteiger partial charge in [-0.25, -0.2) is 4.98 Å². The second kappa shape index (κ2) is 6.36. The highest BCUT2D eigenvalue weighted by molar-refractivity contribution is 7.09. The van der Waals surface area contributed by atoms with Crippen LogP contribution >= 0.6 is 11.3 Å². The number of nitrogens with zero attached hydrogens (tertiary/aromatic N) is 1. The van der Waals surface area contributed by atoms with E-state index in [2.05, 4.69) is 50.3 Å². The summed E-state index contributed by atoms with van der Waals surface area (Å²) < 4.78 is 0. The minimum Gasteiger partial charge on any atom is -0.308 e. The van der Waals surface area contributed by atoms with Gasteiger partial charge in [-0.2, -0.15) is 0 Å². The average molecular weight is 240 g/mol. The second-order valence-electron chi connectivity index (χ2n) is 4.97. The number of thiazole rings is 1. The Bertz CT molecular complexity index is 305. The van der Waals surface area contributed by atoms with Crippen LogP contribution in [0.3, 0.4) is 0 Å². The first-order valence-electron chi connectivity index (χ1n) is 6.22. The van der Waals surface area contributed by atoms with Crippen LogP contribution in [0, 0.1) is 5.92 Å². The number of hydrogen-bond donors (Lipinski definition) is 1. The van der Waals surface area contributed by atoms with Gasteiger partial charge in [0.05, 0.1) is 10.7 Å². The monoisotopic (exact) mass is 240 g/mol. The maximum Gasteiger partial charge on any atom is 0.0954 e. The molecule has 0 spiro atoms. The van der Waals surface area contributed by atoms with E-state index in [0.29, 0.717) is 17.9 Å². The summed E-state index contributed by atoms with van der Waals surface area (Å²) in [6.45, 7) is 12.1. The molecule has 92 valence electrons. The lowest BCUT2D eigenvalue weighted by Crippen LogP contribution is -2.32. The summed E-state index contributed by atoms with van der Waals surface area (Å²) in [7, 11) is 0. The van der Waals surface area contributed by atoms with Gasteiger partial charge >= 0.3 is 0 Å². The van der Waals surface area contributed by atoms with E-state index in [1.807, 2.05) is 0 Å². The van der Waals surface area contributed by atoms with Gasteiger partial charge in [0.2, 0.25) is 0 Å². The first-order chi connectivity index (χ1) is 7.54. The Labute approximate surface area is 103 Å². The predicted molar refractivity (Wildman–Crippen MR) is 72.0 cm³/mol. The highest BCUT2D eigenvalue weighted by atomic mass is 32.1. The molecule has 1 N–H and O–H groups in total. The zero-order valence-corrected chi connectivity index (χ0v) is 11.9. The summed E-state index contributed by atoms with van der Waals surface area (Å²) in [6, 6.07) is 0.601. The van der Waals surface area contributed by atoms with Gasteiger partial charge in [0.1, 0.15) is 0 Å². The van der Waals surface area contributed by atoms with Gasteiger partial charge < -0.3 is 5.32 Å². The van der Waals surface area contributed by atoms with E-state index in [1.54, 1.807) is 11.3 Å². The first-order valence-corrected chi connectivity index (χ1v) is 7.10. The van der Waals surface area contributed by atoms with Crippen molar-refractivity contribution in [2.75, 3.05) is 0 Å². The van der Waals surface area contributed by atoms with Crippen molar-refractivity contribution >= 4 is 11.3 Å². The zero-order valence-electron chi connectivity index (χ0n) is 11.1. The summed E-state index contributed by atoms with van der Waals surface area (Å²) in [5.41, 5.74) is 1.19. The van der Waals surface area contributed by atoms with E-state index in [9.17, 15) is 0 Å². The summed E-state index contributed by atoms with van der Waals surface area (Å²) in [5, 5.41) is 7.00. The van der Waals surface area contributed by atoms with Crippen LogP contribution in [-0.4, -0.2) is 11.0 Å². The molecule has 0 amide bonds. The quantitative estimate of drug-likeness (QED) is 0.818. The summed E-state index contributed by atoms with van der Waals surface area (Å²) in [5.74, 6) is 1.24. The van der Waals surface area contributed by atoms with Crippen LogP contribution in [0.5, 0.6) is 0 Å². The molecule has 0 saturated heterocycles. The highest BCUT2D eigenvalue weighted by Gasteiger charge is 2.11. The molecule has 0 fully saturated rings. The molecule has 0 aliphatic rings. The van der Waals surface area contributed by atoms with Gasteiger partial charge in [0.25, 0.3) is 0 Å². The van der Waals surface area contributed by atoms with E-state index in [0.717, 1.165) is 6.54 Å². The molecule has 1 rings (SSSR count). The van der Waals surface area contributed by atoms with Crippen LogP contribution in [-0.2, 0) is 6.54 Å². The molecule has 0 bridgehead atoms. The van der Waals surface area contributed by atoms with E-state index in [-0.39, 0.29) is 0 Å². The van der Waals surface area contributed by atoms with Crippen molar-refractivity contribution in [1.29, 1.82) is 0 Å². The van der Waals surface area contributed by atoms with Crippen LogP contribution < -0.4 is 5.32 Å². The molecular formula is C13H24N2S. The Morgan fingerprint density at radius 1 is 1.31 bits per heavy atom. The molecule has 0 radical (unpaired) electrons. The molecule has 0 aliphatic heterocycles. The molecule has 2 nitrogen and oxygen atoms in total. The van der Waals surface area contributed by atoms with E-state index in [1.165, 1.54) is 17.1 Å². The van der Waals surface area contributed by atoms with Crippen molar-refractivity contribution < 1.29 is 0 Å². The second-order valence-corrected chi connectivity index (χ2v) is 5.86. The Balaban J connectivity index is 2.47. The Morgan fingerprint density at radius 3 is 2.44 bits per heavy atom. The summed E-state index contributed by atoms with van der Waals surface area (Å²) in [4.78, 5) is 4.63. The van der Waals surface area contributed by atoms with Crippen molar-refractivity contribution in [3.8, 4) is 0 Å². The van der Waals surface area contributed by atoms with Crippen molar-refractivity contribution in [2.45, 2.75) is 59.5 Å². The van der Waals surface area contributed by atoms with Crippen LogP contribution in [0.25, 0.3) is 0 Å². The molecule has 1 aromatic heterocycles. The third-order valence-electron chi connectivity index (χ3n) is 2.85. The largest absolute Gasteiger partial charge is 0.308 e. The Morgan fingerprint density at radius 2 is 2.00 bits per heavy atom. The van der Waals surface area contributed by atoms with Gasteiger partial charge in [-0.15, -0.1) is 11.3 Å². The van der Waals surface area contributed by atoms with Crippen molar-refractivity contribution in [3.63, 3.8) is 0 Å². The summed E-state index contributed by atoms with van der Waals surface area (Å²) in [6.07, 6.45) is 1.18. The molecule has 0 aromatic carbocycles. The Hall–Kier alpha value is -0.410. The minimum atomic E-state index is 0.547. The van der Waals surface area contributed by atoms with Crippen LogP contribution in [0.4, 0.5) is 0 Å². The van der Waals surface area contributed by atoms with Crippen molar-refractivity contribution in [1.82, 2.24) is 10.3 Å². The van der Waals surface area contributed by atoms with Gasteiger partial charge in [-0.1, -0.05) is 34.6 Å². The lowest BCUT2D eigenvalue weighted by Gasteiger charge is -2.20. The van der Waals surface area contributed by atoms with Gasteiger partial charge in [-0.05, 0) is 12.3 Å². The number of hydrogen-bond acceptors (Lipinski definition) is 3. The first kappa shape index (κ1) is 13.7. The normalized spacial score (nSPS) is 13.7. The Kier molecular flexibility index (Phi) is 5.42. The maximum atomic E-state index is 4.63. The van der Waals surface area contributed by atoms with Crippen LogP contribution in [0.15, 0.2) is 5.38 Å². The van der Waals surface area contributed by atoms with Gasteiger partial charge in [-0.3, -0.25) is 0 Å². The smallest absolute Gasteiger partial charge is 0.0954 e. The fourth-order valence-corrected chi connectivity index (χ4v) is 2.59. The van der Waals surface area contributed by atoms with E-state index < -0.39 is 0 Å². The summed E-state index contributed by atoms with van der Waals surface area (Å²) >= 11 is 1.77. The molecule has 1 heterocycles. The molecule has 16 heavy (non-hydrogen) atoms. The molecule has 0 saturated carbocycles. The lowest BCUT2D eigenvalue weighted by molar-refractivity contribution is 0.386. The van der Waals surface area contributed by atoms with E-state index in [4.69, 9.17) is 0 Å². The third-order valence-corrected chi connectivity index (χ3v) is 4.05. The fourth-order valence-electron chi connectivity index (χ4n) is 1.76. The van der Waals surface area contributed by atoms with E-state index >= 15 is 0 Å². The van der Waals surface area contributed by atoms with Gasteiger partial charge in [0, 0.05) is 23.9 Å². The zero-order chi connectivity index (χ0) is 12.1. The number of aromatic nitrogens is 1. The maximum absolute atomic E-state index is 4.63. The lowest BCUT2D eigenvalue weighted by atomic mass is 10.0. The molecule has 1 atom stereocenters. The molecule has 1 aromatic rings. The van der Waals surface area contributed by atoms with Crippen molar-refractivity contribution in [3.05, 3.63) is 16.1 Å². The molecule has 0 aliphatic carbocycles. The van der Waals surface area contributed by atoms with Crippen LogP contribution in [0.1, 0.15) is 57.7 Å². The number of rotatable bonds is 6. The number of nitrogens with one attached hydrogen (secondary N) is 1. The van der Waals surface area contributed by atoms with Gasteiger partial charge in [0.15, 0.2) is 0 Å². The third kappa shape index (κ3) is 3.87. The fraction of sp³-hybridized carbons (Fsp3) is 0.769. The van der Waals surface area contributed by atoms with Crippen molar-refractivity contribution in [2.24, 2.45) is 5.92 Å². The topological polar surface area (TPSA) is 24.9 Å². The SMILES string of the molecule is CCC(NCc1csc(C(C)C)n1)C(C)C. The van der Waals surface area contributed by atoms with Crippen LogP contribution in [0.2, 0.25) is 0 Å². The standard InChI is InChI=1S/C13H24N2S/c1-6-12(9(2)3)14-7-11-8-16-13(15-11)10(4)5/h8-10,12,14H,6-7H2,1-5H3. The predicted octanol–water partition coefficient (Wildman–Crippen LogP) is 3.79. The minimum absolute atomic E-state index is 0.547. The molecule has 1 unspecified atom stereocenters. The molecular weight excluding hydrogens is 216 g/mol. The average Bonchev–Trinajstić information content (AvgIpc) is 2.67. The molecule has 3 heteroatoms. The highest BCUT2D eigenvalue weighted by Crippen LogP contribution is 2.19.